The van der Waals surface area contributed by atoms with Crippen LogP contribution in [-0.2, 0) is 6.42 Å². The van der Waals surface area contributed by atoms with Crippen LogP contribution in [0.3, 0.4) is 0 Å². The second-order valence-corrected chi connectivity index (χ2v) is 4.99. The second-order valence-electron chi connectivity index (χ2n) is 4.99. The standard InChI is InChI=1S/C16H11NO4/c18-16-12-5-9(1-2-11(12)6-13(16)17-19)10-3-4-14-15(7-10)21-8-20-14/h1-5,7,19H,6,8H2/b17-13-. The average Bonchev–Trinajstić information content (AvgIpc) is 3.10. The Hall–Kier alpha value is -2.82. The van der Waals surface area contributed by atoms with Gasteiger partial charge in [0.25, 0.3) is 0 Å². The van der Waals surface area contributed by atoms with E-state index in [4.69, 9.17) is 14.7 Å². The molecule has 1 aliphatic carbocycles. The van der Waals surface area contributed by atoms with Crippen molar-refractivity contribution in [1.29, 1.82) is 0 Å². The molecule has 2 aliphatic rings. The van der Waals surface area contributed by atoms with E-state index >= 15 is 0 Å². The third-order valence-electron chi connectivity index (χ3n) is 3.80. The van der Waals surface area contributed by atoms with E-state index in [0.717, 1.165) is 22.4 Å². The van der Waals surface area contributed by atoms with Crippen molar-refractivity contribution in [2.24, 2.45) is 5.16 Å². The van der Waals surface area contributed by atoms with Crippen molar-refractivity contribution in [2.75, 3.05) is 6.79 Å². The fourth-order valence-electron chi connectivity index (χ4n) is 2.69. The van der Waals surface area contributed by atoms with Crippen molar-refractivity contribution in [3.63, 3.8) is 0 Å². The Morgan fingerprint density at radius 2 is 1.76 bits per heavy atom. The van der Waals surface area contributed by atoms with Gasteiger partial charge in [0, 0.05) is 12.0 Å². The highest BCUT2D eigenvalue weighted by Crippen LogP contribution is 2.36. The minimum Gasteiger partial charge on any atom is -0.454 e. The minimum atomic E-state index is -0.213. The van der Waals surface area contributed by atoms with E-state index in [-0.39, 0.29) is 18.3 Å². The van der Waals surface area contributed by atoms with Gasteiger partial charge in [-0.2, -0.15) is 0 Å². The third-order valence-corrected chi connectivity index (χ3v) is 3.80. The van der Waals surface area contributed by atoms with E-state index in [1.54, 1.807) is 0 Å². The van der Waals surface area contributed by atoms with Crippen LogP contribution >= 0.6 is 0 Å². The van der Waals surface area contributed by atoms with E-state index < -0.39 is 0 Å². The molecule has 1 aliphatic heterocycles. The summed E-state index contributed by atoms with van der Waals surface area (Å²) in [6.45, 7) is 0.234. The maximum absolute atomic E-state index is 12.1. The van der Waals surface area contributed by atoms with Gasteiger partial charge in [0.1, 0.15) is 5.71 Å². The number of oxime groups is 1. The molecule has 0 saturated carbocycles. The van der Waals surface area contributed by atoms with Crippen LogP contribution in [0.4, 0.5) is 0 Å². The molecule has 0 radical (unpaired) electrons. The molecule has 0 spiro atoms. The van der Waals surface area contributed by atoms with E-state index in [0.29, 0.717) is 17.7 Å². The van der Waals surface area contributed by atoms with Crippen LogP contribution in [0.15, 0.2) is 41.6 Å². The molecule has 5 nitrogen and oxygen atoms in total. The summed E-state index contributed by atoms with van der Waals surface area (Å²) >= 11 is 0. The topological polar surface area (TPSA) is 68.1 Å². The summed E-state index contributed by atoms with van der Waals surface area (Å²) in [6, 6.07) is 11.3. The molecular weight excluding hydrogens is 270 g/mol. The third kappa shape index (κ3) is 1.78. The monoisotopic (exact) mass is 281 g/mol. The van der Waals surface area contributed by atoms with Crippen molar-refractivity contribution in [2.45, 2.75) is 6.42 Å². The fourth-order valence-corrected chi connectivity index (χ4v) is 2.69. The molecule has 104 valence electrons. The molecule has 0 fully saturated rings. The average molecular weight is 281 g/mol. The number of carbonyl (C=O) groups excluding carboxylic acids is 1. The van der Waals surface area contributed by atoms with Gasteiger partial charge in [-0.1, -0.05) is 23.4 Å². The Morgan fingerprint density at radius 3 is 2.62 bits per heavy atom. The van der Waals surface area contributed by atoms with Crippen LogP contribution in [0.1, 0.15) is 15.9 Å². The number of fused-ring (bicyclic) bond motifs is 2. The fraction of sp³-hybridized carbons (Fsp3) is 0.125. The Bertz CT molecular complexity index is 795. The van der Waals surface area contributed by atoms with E-state index in [1.807, 2.05) is 36.4 Å². The molecule has 1 heterocycles. The molecule has 5 heteroatoms. The molecule has 0 atom stereocenters. The lowest BCUT2D eigenvalue weighted by Gasteiger charge is -2.05. The number of Topliss-reactive ketones (excluding diaryl/α,β-unsaturated/α-hetero) is 1. The molecule has 4 rings (SSSR count). The summed E-state index contributed by atoms with van der Waals surface area (Å²) in [7, 11) is 0. The van der Waals surface area contributed by atoms with Gasteiger partial charge in [0.15, 0.2) is 11.5 Å². The first-order valence-electron chi connectivity index (χ1n) is 6.55. The maximum Gasteiger partial charge on any atom is 0.231 e. The van der Waals surface area contributed by atoms with Crippen LogP contribution in [-0.4, -0.2) is 23.5 Å². The summed E-state index contributed by atoms with van der Waals surface area (Å²) in [5.41, 5.74) is 3.53. The van der Waals surface area contributed by atoms with Crippen LogP contribution in [0, 0.1) is 0 Å². The molecular formula is C16H11NO4. The lowest BCUT2D eigenvalue weighted by molar-refractivity contribution is 0.106. The smallest absolute Gasteiger partial charge is 0.231 e. The summed E-state index contributed by atoms with van der Waals surface area (Å²) in [5, 5.41) is 11.9. The summed E-state index contributed by atoms with van der Waals surface area (Å²) in [4.78, 5) is 12.1. The Balaban J connectivity index is 1.78. The molecule has 0 unspecified atom stereocenters. The zero-order chi connectivity index (χ0) is 14.4. The highest BCUT2D eigenvalue weighted by molar-refractivity contribution is 6.49. The minimum absolute atomic E-state index is 0.188. The van der Waals surface area contributed by atoms with Crippen LogP contribution < -0.4 is 9.47 Å². The highest BCUT2D eigenvalue weighted by Gasteiger charge is 2.27. The first kappa shape index (κ1) is 12.0. The molecule has 21 heavy (non-hydrogen) atoms. The number of ether oxygens (including phenoxy) is 2. The Kier molecular flexibility index (Phi) is 2.47. The van der Waals surface area contributed by atoms with Gasteiger partial charge in [-0.15, -0.1) is 0 Å². The van der Waals surface area contributed by atoms with Crippen molar-refractivity contribution in [3.05, 3.63) is 47.5 Å². The zero-order valence-electron chi connectivity index (χ0n) is 11.0. The number of benzene rings is 2. The van der Waals surface area contributed by atoms with Crippen molar-refractivity contribution >= 4 is 11.5 Å². The van der Waals surface area contributed by atoms with Crippen molar-refractivity contribution in [1.82, 2.24) is 0 Å². The van der Waals surface area contributed by atoms with Gasteiger partial charge < -0.3 is 14.7 Å². The van der Waals surface area contributed by atoms with Crippen LogP contribution in [0.5, 0.6) is 11.5 Å². The molecule has 0 aromatic heterocycles. The number of nitrogens with zero attached hydrogens (tertiary/aromatic N) is 1. The molecule has 2 aromatic carbocycles. The largest absolute Gasteiger partial charge is 0.454 e. The van der Waals surface area contributed by atoms with Gasteiger partial charge in [-0.3, -0.25) is 4.79 Å². The molecule has 0 bridgehead atoms. The highest BCUT2D eigenvalue weighted by atomic mass is 16.7. The lowest BCUT2D eigenvalue weighted by atomic mass is 10.00. The zero-order valence-corrected chi connectivity index (χ0v) is 11.0. The first-order chi connectivity index (χ1) is 10.3. The second kappa shape index (κ2) is 4.34. The first-order valence-corrected chi connectivity index (χ1v) is 6.55. The predicted octanol–water partition coefficient (Wildman–Crippen LogP) is 2.65. The molecule has 1 N–H and O–H groups in total. The molecule has 0 amide bonds. The number of hydrogen-bond acceptors (Lipinski definition) is 5. The normalized spacial score (nSPS) is 17.3. The van der Waals surface area contributed by atoms with Crippen LogP contribution in [0.2, 0.25) is 0 Å². The van der Waals surface area contributed by atoms with Gasteiger partial charge >= 0.3 is 0 Å². The van der Waals surface area contributed by atoms with Crippen molar-refractivity contribution < 1.29 is 19.5 Å². The Labute approximate surface area is 120 Å². The number of hydrogen-bond donors (Lipinski definition) is 1. The van der Waals surface area contributed by atoms with E-state index in [9.17, 15) is 4.79 Å². The number of rotatable bonds is 1. The van der Waals surface area contributed by atoms with E-state index in [2.05, 4.69) is 5.16 Å². The Morgan fingerprint density at radius 1 is 1.00 bits per heavy atom. The number of carbonyl (C=O) groups is 1. The van der Waals surface area contributed by atoms with Gasteiger partial charge in [0.05, 0.1) is 0 Å². The number of ketones is 1. The summed E-state index contributed by atoms with van der Waals surface area (Å²) in [5.74, 6) is 1.22. The van der Waals surface area contributed by atoms with E-state index in [1.165, 1.54) is 0 Å². The quantitative estimate of drug-likeness (QED) is 0.644. The summed E-state index contributed by atoms with van der Waals surface area (Å²) < 4.78 is 10.7. The van der Waals surface area contributed by atoms with Gasteiger partial charge in [0.2, 0.25) is 12.6 Å². The van der Waals surface area contributed by atoms with Crippen LogP contribution in [0.25, 0.3) is 11.1 Å². The predicted molar refractivity (Wildman–Crippen MR) is 75.3 cm³/mol. The van der Waals surface area contributed by atoms with Crippen molar-refractivity contribution in [3.8, 4) is 22.6 Å². The lowest BCUT2D eigenvalue weighted by Crippen LogP contribution is -2.06. The molecule has 2 aromatic rings. The summed E-state index contributed by atoms with van der Waals surface area (Å²) in [6.07, 6.45) is 0.381. The van der Waals surface area contributed by atoms with Gasteiger partial charge in [-0.05, 0) is 34.9 Å². The van der Waals surface area contributed by atoms with Gasteiger partial charge in [-0.25, -0.2) is 0 Å². The SMILES string of the molecule is O=C1/C(=N\O)Cc2ccc(-c3ccc4c(c3)OCO4)cc21. The molecule has 0 saturated heterocycles. The maximum atomic E-state index is 12.1.